The lowest BCUT2D eigenvalue weighted by atomic mass is 10.2. The van der Waals surface area contributed by atoms with Crippen molar-refractivity contribution in [3.8, 4) is 0 Å². The van der Waals surface area contributed by atoms with Gasteiger partial charge >= 0.3 is 5.97 Å². The van der Waals surface area contributed by atoms with Gasteiger partial charge in [-0.3, -0.25) is 0 Å². The van der Waals surface area contributed by atoms with Crippen LogP contribution in [0, 0.1) is 0 Å². The topological polar surface area (TPSA) is 26.3 Å². The summed E-state index contributed by atoms with van der Waals surface area (Å²) < 4.78 is 4.95. The molecule has 0 bridgehead atoms. The van der Waals surface area contributed by atoms with Crippen LogP contribution in [0.15, 0.2) is 11.6 Å². The van der Waals surface area contributed by atoms with Gasteiger partial charge in [0.2, 0.25) is 0 Å². The predicted molar refractivity (Wildman–Crippen MR) is 55.0 cm³/mol. The molecule has 0 fully saturated rings. The Kier molecular flexibility index (Phi) is 7.80. The molecule has 0 aromatic heterocycles. The van der Waals surface area contributed by atoms with Gasteiger partial charge in [0.15, 0.2) is 0 Å². The van der Waals surface area contributed by atoms with E-state index in [1.165, 1.54) is 0 Å². The van der Waals surface area contributed by atoms with Crippen LogP contribution in [0.2, 0.25) is 0 Å². The Morgan fingerprint density at radius 1 is 1.38 bits per heavy atom. The van der Waals surface area contributed by atoms with E-state index in [4.69, 9.17) is 16.3 Å². The smallest absolute Gasteiger partial charge is 0.334 e. The number of esters is 1. The van der Waals surface area contributed by atoms with E-state index in [0.29, 0.717) is 12.2 Å². The summed E-state index contributed by atoms with van der Waals surface area (Å²) in [6.07, 6.45) is 4.59. The van der Waals surface area contributed by atoms with Crippen molar-refractivity contribution in [1.29, 1.82) is 0 Å². The van der Waals surface area contributed by atoms with Gasteiger partial charge in [-0.25, -0.2) is 4.79 Å². The number of rotatable bonds is 6. The normalized spacial score (nSPS) is 11.5. The fraction of sp³-hybridized carbons (Fsp3) is 0.700. The molecule has 0 spiro atoms. The molecule has 0 heterocycles. The highest BCUT2D eigenvalue weighted by atomic mass is 35.5. The number of hydrogen-bond donors (Lipinski definition) is 0. The standard InChI is InChI=1S/C10H17ClO2/c1-3-5-6-9(8-11)10(12)13-7-4-2/h6H,3-5,7-8H2,1-2H3. The van der Waals surface area contributed by atoms with Crippen LogP contribution >= 0.6 is 11.6 Å². The van der Waals surface area contributed by atoms with Crippen molar-refractivity contribution in [2.45, 2.75) is 33.1 Å². The summed E-state index contributed by atoms with van der Waals surface area (Å²) in [5, 5.41) is 0. The fourth-order valence-corrected chi connectivity index (χ4v) is 1.02. The maximum atomic E-state index is 11.3. The summed E-state index contributed by atoms with van der Waals surface area (Å²) in [7, 11) is 0. The van der Waals surface area contributed by atoms with Gasteiger partial charge in [0.05, 0.1) is 12.5 Å². The van der Waals surface area contributed by atoms with Crippen molar-refractivity contribution >= 4 is 17.6 Å². The van der Waals surface area contributed by atoms with E-state index in [1.54, 1.807) is 0 Å². The van der Waals surface area contributed by atoms with Crippen LogP contribution in [0.25, 0.3) is 0 Å². The van der Waals surface area contributed by atoms with Crippen molar-refractivity contribution < 1.29 is 9.53 Å². The van der Waals surface area contributed by atoms with E-state index in [0.717, 1.165) is 19.3 Å². The molecule has 2 nitrogen and oxygen atoms in total. The zero-order chi connectivity index (χ0) is 10.1. The lowest BCUT2D eigenvalue weighted by Crippen LogP contribution is -2.09. The first-order chi connectivity index (χ1) is 6.26. The molecule has 0 unspecified atom stereocenters. The number of carbonyl (C=O) groups is 1. The summed E-state index contributed by atoms with van der Waals surface area (Å²) in [6, 6.07) is 0. The quantitative estimate of drug-likeness (QED) is 0.378. The zero-order valence-electron chi connectivity index (χ0n) is 8.31. The van der Waals surface area contributed by atoms with Crippen LogP contribution in [0.1, 0.15) is 33.1 Å². The molecule has 0 aliphatic carbocycles. The van der Waals surface area contributed by atoms with Crippen LogP contribution in [-0.2, 0) is 9.53 Å². The molecule has 0 aromatic carbocycles. The second-order valence-corrected chi connectivity index (χ2v) is 3.05. The van der Waals surface area contributed by atoms with Crippen LogP contribution in [0.3, 0.4) is 0 Å². The molecule has 0 aromatic rings. The average molecular weight is 205 g/mol. The molecule has 0 saturated carbocycles. The molecule has 0 aliphatic rings. The Morgan fingerprint density at radius 2 is 2.08 bits per heavy atom. The summed E-state index contributed by atoms with van der Waals surface area (Å²) in [5.74, 6) is -0.0342. The average Bonchev–Trinajstić information content (AvgIpc) is 2.16. The van der Waals surface area contributed by atoms with Crippen LogP contribution < -0.4 is 0 Å². The summed E-state index contributed by atoms with van der Waals surface area (Å²) >= 11 is 5.61. The number of carbonyl (C=O) groups excluding carboxylic acids is 1. The van der Waals surface area contributed by atoms with Gasteiger partial charge in [0.25, 0.3) is 0 Å². The highest BCUT2D eigenvalue weighted by Crippen LogP contribution is 2.04. The Labute approximate surface area is 84.9 Å². The van der Waals surface area contributed by atoms with Gasteiger partial charge in [-0.1, -0.05) is 26.3 Å². The number of alkyl halides is 1. The molecular weight excluding hydrogens is 188 g/mol. The Balaban J connectivity index is 3.99. The minimum atomic E-state index is -0.273. The SMILES string of the molecule is CCCC=C(CCl)C(=O)OCCC. The van der Waals surface area contributed by atoms with Crippen LogP contribution in [-0.4, -0.2) is 18.5 Å². The van der Waals surface area contributed by atoms with E-state index in [1.807, 2.05) is 13.0 Å². The molecule has 0 rings (SSSR count). The van der Waals surface area contributed by atoms with Gasteiger partial charge in [0, 0.05) is 5.57 Å². The van der Waals surface area contributed by atoms with Crippen molar-refractivity contribution in [3.05, 3.63) is 11.6 Å². The van der Waals surface area contributed by atoms with E-state index in [-0.39, 0.29) is 11.8 Å². The van der Waals surface area contributed by atoms with Crippen molar-refractivity contribution in [1.82, 2.24) is 0 Å². The third-order valence-electron chi connectivity index (χ3n) is 1.52. The molecule has 0 saturated heterocycles. The number of allylic oxidation sites excluding steroid dienone is 1. The van der Waals surface area contributed by atoms with Crippen molar-refractivity contribution in [2.75, 3.05) is 12.5 Å². The van der Waals surface area contributed by atoms with Crippen molar-refractivity contribution in [2.24, 2.45) is 0 Å². The Morgan fingerprint density at radius 3 is 2.54 bits per heavy atom. The van der Waals surface area contributed by atoms with E-state index >= 15 is 0 Å². The molecular formula is C10H17ClO2. The third-order valence-corrected chi connectivity index (χ3v) is 1.81. The van der Waals surface area contributed by atoms with E-state index in [2.05, 4.69) is 6.92 Å². The van der Waals surface area contributed by atoms with Gasteiger partial charge in [-0.05, 0) is 12.8 Å². The lowest BCUT2D eigenvalue weighted by Gasteiger charge is -2.03. The molecule has 0 radical (unpaired) electrons. The fourth-order valence-electron chi connectivity index (χ4n) is 0.798. The highest BCUT2D eigenvalue weighted by molar-refractivity contribution is 6.22. The molecule has 0 N–H and O–H groups in total. The van der Waals surface area contributed by atoms with Gasteiger partial charge < -0.3 is 4.74 Å². The number of hydrogen-bond acceptors (Lipinski definition) is 2. The molecule has 3 heteroatoms. The predicted octanol–water partition coefficient (Wildman–Crippen LogP) is 2.90. The summed E-state index contributed by atoms with van der Waals surface area (Å²) in [6.45, 7) is 4.49. The number of unbranched alkanes of at least 4 members (excludes halogenated alkanes) is 1. The number of halogens is 1. The number of ether oxygens (including phenoxy) is 1. The zero-order valence-corrected chi connectivity index (χ0v) is 9.06. The maximum Gasteiger partial charge on any atom is 0.334 e. The molecule has 13 heavy (non-hydrogen) atoms. The maximum absolute atomic E-state index is 11.3. The van der Waals surface area contributed by atoms with Gasteiger partial charge in [-0.15, -0.1) is 11.6 Å². The molecule has 0 aliphatic heterocycles. The van der Waals surface area contributed by atoms with E-state index < -0.39 is 0 Å². The first-order valence-corrected chi connectivity index (χ1v) is 5.21. The molecule has 0 atom stereocenters. The highest BCUT2D eigenvalue weighted by Gasteiger charge is 2.07. The lowest BCUT2D eigenvalue weighted by molar-refractivity contribution is -0.138. The van der Waals surface area contributed by atoms with Gasteiger partial charge in [0.1, 0.15) is 0 Å². The second-order valence-electron chi connectivity index (χ2n) is 2.79. The monoisotopic (exact) mass is 204 g/mol. The molecule has 76 valence electrons. The molecule has 0 amide bonds. The summed E-state index contributed by atoms with van der Waals surface area (Å²) in [5.41, 5.74) is 0.581. The first-order valence-electron chi connectivity index (χ1n) is 4.68. The van der Waals surface area contributed by atoms with Crippen molar-refractivity contribution in [3.63, 3.8) is 0 Å². The second kappa shape index (κ2) is 8.11. The van der Waals surface area contributed by atoms with Gasteiger partial charge in [-0.2, -0.15) is 0 Å². The third kappa shape index (κ3) is 5.69. The Hall–Kier alpha value is -0.500. The van der Waals surface area contributed by atoms with Crippen LogP contribution in [0.5, 0.6) is 0 Å². The van der Waals surface area contributed by atoms with E-state index in [9.17, 15) is 4.79 Å². The summed E-state index contributed by atoms with van der Waals surface area (Å²) in [4.78, 5) is 11.3. The Bertz CT molecular complexity index is 176. The van der Waals surface area contributed by atoms with Crippen LogP contribution in [0.4, 0.5) is 0 Å². The largest absolute Gasteiger partial charge is 0.462 e. The minimum Gasteiger partial charge on any atom is -0.462 e. The first kappa shape index (κ1) is 12.5. The minimum absolute atomic E-state index is 0.239.